The summed E-state index contributed by atoms with van der Waals surface area (Å²) in [6.45, 7) is 2.32. The van der Waals surface area contributed by atoms with E-state index >= 15 is 0 Å². The molecule has 1 saturated carbocycles. The summed E-state index contributed by atoms with van der Waals surface area (Å²) in [6, 6.07) is 7.12. The topological polar surface area (TPSA) is 101 Å². The van der Waals surface area contributed by atoms with Gasteiger partial charge in [-0.2, -0.15) is 0 Å². The predicted octanol–water partition coefficient (Wildman–Crippen LogP) is 2.96. The number of anilines is 1. The molecule has 9 heteroatoms. The smallest absolute Gasteiger partial charge is 0.269 e. The van der Waals surface area contributed by atoms with Crippen molar-refractivity contribution in [1.82, 2.24) is 14.9 Å². The number of benzene rings is 1. The number of aryl methyl sites for hydroxylation is 1. The molecule has 2 aromatic rings. The molecule has 3 rings (SSSR count). The van der Waals surface area contributed by atoms with Gasteiger partial charge >= 0.3 is 0 Å². The number of carbonyl (C=O) groups is 1. The molecule has 0 spiro atoms. The molecule has 1 aliphatic rings. The largest absolute Gasteiger partial charge is 0.296 e. The van der Waals surface area contributed by atoms with Gasteiger partial charge in [0.25, 0.3) is 15.9 Å². The van der Waals surface area contributed by atoms with Crippen LogP contribution >= 0.6 is 11.3 Å². The van der Waals surface area contributed by atoms with Crippen LogP contribution in [0.15, 0.2) is 28.6 Å². The van der Waals surface area contributed by atoms with Crippen molar-refractivity contribution in [2.24, 2.45) is 5.92 Å². The summed E-state index contributed by atoms with van der Waals surface area (Å²) in [6.07, 6.45) is 5.64. The van der Waals surface area contributed by atoms with Crippen molar-refractivity contribution in [2.75, 3.05) is 11.9 Å². The molecule has 1 aliphatic carbocycles. The highest BCUT2D eigenvalue weighted by molar-refractivity contribution is 7.91. The van der Waals surface area contributed by atoms with Gasteiger partial charge in [-0.15, -0.1) is 10.2 Å². The number of nitrogens with one attached hydrogen (secondary N) is 2. The Morgan fingerprint density at radius 3 is 2.73 bits per heavy atom. The minimum atomic E-state index is -3.70. The van der Waals surface area contributed by atoms with E-state index in [0.717, 1.165) is 42.6 Å². The van der Waals surface area contributed by atoms with Crippen LogP contribution in [0.5, 0.6) is 0 Å². The molecule has 0 bridgehead atoms. The predicted molar refractivity (Wildman–Crippen MR) is 101 cm³/mol. The summed E-state index contributed by atoms with van der Waals surface area (Å²) in [5, 5.41) is 10.3. The van der Waals surface area contributed by atoms with Crippen molar-refractivity contribution in [3.63, 3.8) is 0 Å². The summed E-state index contributed by atoms with van der Waals surface area (Å²) in [7, 11) is -3.70. The Kier molecular flexibility index (Phi) is 6.00. The van der Waals surface area contributed by atoms with E-state index < -0.39 is 10.0 Å². The lowest BCUT2D eigenvalue weighted by Crippen LogP contribution is -2.30. The minimum absolute atomic E-state index is 0.132. The van der Waals surface area contributed by atoms with Gasteiger partial charge in [0.1, 0.15) is 0 Å². The number of aromatic nitrogens is 2. The third kappa shape index (κ3) is 4.87. The quantitative estimate of drug-likeness (QED) is 0.734. The van der Waals surface area contributed by atoms with E-state index in [4.69, 9.17) is 0 Å². The number of sulfonamides is 1. The second-order valence-corrected chi connectivity index (χ2v) is 9.47. The van der Waals surface area contributed by atoms with Crippen LogP contribution in [0.4, 0.5) is 5.13 Å². The van der Waals surface area contributed by atoms with E-state index in [1.807, 2.05) is 13.0 Å². The Morgan fingerprint density at radius 2 is 2.00 bits per heavy atom. The van der Waals surface area contributed by atoms with E-state index in [0.29, 0.717) is 18.0 Å². The Labute approximate surface area is 157 Å². The van der Waals surface area contributed by atoms with Crippen LogP contribution in [0.3, 0.4) is 0 Å². The normalized spacial score (nSPS) is 15.7. The van der Waals surface area contributed by atoms with Crippen LogP contribution in [-0.4, -0.2) is 31.1 Å². The zero-order chi connectivity index (χ0) is 18.6. The van der Waals surface area contributed by atoms with E-state index in [-0.39, 0.29) is 15.4 Å². The fraction of sp³-hybridized carbons (Fsp3) is 0.471. The summed E-state index contributed by atoms with van der Waals surface area (Å²) < 4.78 is 27.2. The number of nitrogens with zero attached hydrogens (tertiary/aromatic N) is 2. The average molecular weight is 395 g/mol. The lowest BCUT2D eigenvalue weighted by molar-refractivity contribution is 0.102. The van der Waals surface area contributed by atoms with E-state index in [1.54, 1.807) is 18.2 Å². The Bertz CT molecular complexity index is 874. The maximum Gasteiger partial charge on any atom is 0.269 e. The van der Waals surface area contributed by atoms with Crippen LogP contribution in [0.25, 0.3) is 0 Å². The van der Waals surface area contributed by atoms with Crippen molar-refractivity contribution in [1.29, 1.82) is 0 Å². The van der Waals surface area contributed by atoms with Gasteiger partial charge in [-0.3, -0.25) is 10.1 Å². The van der Waals surface area contributed by atoms with Gasteiger partial charge in [0, 0.05) is 12.1 Å². The molecule has 1 fully saturated rings. The van der Waals surface area contributed by atoms with E-state index in [9.17, 15) is 13.2 Å². The van der Waals surface area contributed by atoms with Gasteiger partial charge in [-0.05, 0) is 37.8 Å². The average Bonchev–Trinajstić information content (AvgIpc) is 3.10. The maximum absolute atomic E-state index is 12.4. The number of rotatable bonds is 6. The second-order valence-electron chi connectivity index (χ2n) is 6.55. The molecule has 0 saturated heterocycles. The molecule has 0 radical (unpaired) electrons. The van der Waals surface area contributed by atoms with Gasteiger partial charge in [0.05, 0.1) is 0 Å². The van der Waals surface area contributed by atoms with Crippen molar-refractivity contribution in [2.45, 2.75) is 43.4 Å². The third-order valence-electron chi connectivity index (χ3n) is 4.42. The van der Waals surface area contributed by atoms with Crippen molar-refractivity contribution < 1.29 is 13.2 Å². The Balaban J connectivity index is 1.61. The molecule has 2 N–H and O–H groups in total. The zero-order valence-electron chi connectivity index (χ0n) is 14.6. The van der Waals surface area contributed by atoms with Gasteiger partial charge in [-0.25, -0.2) is 13.1 Å². The molecule has 26 heavy (non-hydrogen) atoms. The molecule has 140 valence electrons. The fourth-order valence-corrected chi connectivity index (χ4v) is 5.06. The number of amides is 1. The van der Waals surface area contributed by atoms with Crippen LogP contribution < -0.4 is 10.0 Å². The fourth-order valence-electron chi connectivity index (χ4n) is 3.01. The lowest BCUT2D eigenvalue weighted by Gasteiger charge is -2.21. The summed E-state index contributed by atoms with van der Waals surface area (Å²) in [5.74, 6) is 0.0379. The van der Waals surface area contributed by atoms with E-state index in [1.165, 1.54) is 6.42 Å². The SMILES string of the molecule is Cc1cccc(C(=O)Nc2nnc(S(=O)(=O)NCC3CCCCC3)s2)c1. The summed E-state index contributed by atoms with van der Waals surface area (Å²) in [5.41, 5.74) is 1.45. The van der Waals surface area contributed by atoms with Gasteiger partial charge < -0.3 is 0 Å². The molecule has 7 nitrogen and oxygen atoms in total. The van der Waals surface area contributed by atoms with Crippen molar-refractivity contribution in [3.05, 3.63) is 35.4 Å². The highest BCUT2D eigenvalue weighted by Gasteiger charge is 2.23. The second kappa shape index (κ2) is 8.24. The first-order valence-corrected chi connectivity index (χ1v) is 11.0. The molecular weight excluding hydrogens is 372 g/mol. The van der Waals surface area contributed by atoms with Gasteiger partial charge in [0.15, 0.2) is 0 Å². The lowest BCUT2D eigenvalue weighted by atomic mass is 9.90. The first-order valence-electron chi connectivity index (χ1n) is 8.65. The third-order valence-corrected chi connectivity index (χ3v) is 7.05. The molecule has 1 aromatic heterocycles. The van der Waals surface area contributed by atoms with Crippen LogP contribution in [0.1, 0.15) is 48.0 Å². The molecule has 1 heterocycles. The number of carbonyl (C=O) groups excluding carboxylic acids is 1. The Morgan fingerprint density at radius 1 is 1.23 bits per heavy atom. The van der Waals surface area contributed by atoms with Gasteiger partial charge in [-0.1, -0.05) is 48.3 Å². The van der Waals surface area contributed by atoms with E-state index in [2.05, 4.69) is 20.2 Å². The summed E-state index contributed by atoms with van der Waals surface area (Å²) in [4.78, 5) is 12.2. The maximum atomic E-state index is 12.4. The number of hydrogen-bond acceptors (Lipinski definition) is 6. The molecule has 1 amide bonds. The summed E-state index contributed by atoms with van der Waals surface area (Å²) >= 11 is 0.849. The highest BCUT2D eigenvalue weighted by atomic mass is 32.2. The highest BCUT2D eigenvalue weighted by Crippen LogP contribution is 2.24. The monoisotopic (exact) mass is 394 g/mol. The molecule has 1 aromatic carbocycles. The molecular formula is C17H22N4O3S2. The molecule has 0 atom stereocenters. The Hall–Kier alpha value is -1.84. The molecule has 0 unspecified atom stereocenters. The minimum Gasteiger partial charge on any atom is -0.296 e. The first kappa shape index (κ1) is 18.9. The number of hydrogen-bond donors (Lipinski definition) is 2. The van der Waals surface area contributed by atoms with Gasteiger partial charge in [0.2, 0.25) is 9.47 Å². The van der Waals surface area contributed by atoms with Crippen LogP contribution in [0, 0.1) is 12.8 Å². The van der Waals surface area contributed by atoms with Crippen molar-refractivity contribution >= 4 is 32.4 Å². The zero-order valence-corrected chi connectivity index (χ0v) is 16.2. The first-order chi connectivity index (χ1) is 12.4. The van der Waals surface area contributed by atoms with Crippen LogP contribution in [-0.2, 0) is 10.0 Å². The van der Waals surface area contributed by atoms with Crippen LogP contribution in [0.2, 0.25) is 0 Å². The molecule has 0 aliphatic heterocycles. The standard InChI is InChI=1S/C17H22N4O3S2/c1-12-6-5-9-14(10-12)15(22)19-16-20-21-17(25-16)26(23,24)18-11-13-7-3-2-4-8-13/h5-6,9-10,13,18H,2-4,7-8,11H2,1H3,(H,19,20,22). The van der Waals surface area contributed by atoms with Crippen molar-refractivity contribution in [3.8, 4) is 0 Å².